The lowest BCUT2D eigenvalue weighted by Crippen LogP contribution is -2.21. The first-order valence-corrected chi connectivity index (χ1v) is 17.9. The van der Waals surface area contributed by atoms with Crippen LogP contribution >= 0.6 is 24.0 Å². The van der Waals surface area contributed by atoms with Crippen LogP contribution in [0.5, 0.6) is 5.75 Å². The third-order valence-corrected chi connectivity index (χ3v) is 8.22. The molecule has 0 saturated carbocycles. The Morgan fingerprint density at radius 2 is 1.88 bits per heavy atom. The predicted octanol–water partition coefficient (Wildman–Crippen LogP) is 6.98. The molecule has 0 bridgehead atoms. The fraction of sp³-hybridized carbons (Fsp3) is 0.257. The predicted molar refractivity (Wildman–Crippen MR) is 195 cm³/mol. The van der Waals surface area contributed by atoms with Gasteiger partial charge in [-0.2, -0.15) is 0 Å². The van der Waals surface area contributed by atoms with Crippen LogP contribution in [0, 0.1) is 5.82 Å². The van der Waals surface area contributed by atoms with E-state index >= 15 is 0 Å². The van der Waals surface area contributed by atoms with Crippen LogP contribution in [0.15, 0.2) is 83.5 Å². The number of benzene rings is 3. The maximum Gasteiger partial charge on any atom is 0.303 e. The van der Waals surface area contributed by atoms with Crippen molar-refractivity contribution in [1.82, 2.24) is 15.3 Å². The van der Waals surface area contributed by atoms with Gasteiger partial charge >= 0.3 is 5.97 Å². The Hall–Kier alpha value is -4.76. The first kappa shape index (κ1) is 40.7. The summed E-state index contributed by atoms with van der Waals surface area (Å²) in [6.45, 7) is 1.63. The van der Waals surface area contributed by atoms with Gasteiger partial charge in [0.2, 0.25) is 0 Å². The van der Waals surface area contributed by atoms with Crippen LogP contribution in [0.4, 0.5) is 15.9 Å². The zero-order valence-electron chi connectivity index (χ0n) is 27.5. The SMILES string of the molecule is CS(=O)(=O)CCNCc1ccc(-c2ccc3ncnc(Nc4ccc(OCc5cccc(F)c5)c(Cl)c4)c3c2)o1.Cl.O=COCCCCC(=O)O. The molecular formula is C35H37Cl2FN4O8S. The van der Waals surface area contributed by atoms with Gasteiger partial charge in [0.05, 0.1) is 29.4 Å². The van der Waals surface area contributed by atoms with Crippen molar-refractivity contribution in [3.63, 3.8) is 0 Å². The van der Waals surface area contributed by atoms with Crippen molar-refractivity contribution in [2.24, 2.45) is 0 Å². The van der Waals surface area contributed by atoms with E-state index in [1.807, 2.05) is 36.4 Å². The molecule has 0 amide bonds. The molecule has 0 fully saturated rings. The smallest absolute Gasteiger partial charge is 0.303 e. The molecule has 51 heavy (non-hydrogen) atoms. The van der Waals surface area contributed by atoms with Crippen LogP contribution in [0.1, 0.15) is 30.6 Å². The summed E-state index contributed by atoms with van der Waals surface area (Å²) in [7, 11) is -3.02. The lowest BCUT2D eigenvalue weighted by Gasteiger charge is -2.12. The number of anilines is 2. The average molecular weight is 764 g/mol. The third kappa shape index (κ3) is 13.8. The molecule has 272 valence electrons. The number of hydrogen-bond acceptors (Lipinski definition) is 11. The Bertz CT molecular complexity index is 2010. The minimum atomic E-state index is -3.02. The van der Waals surface area contributed by atoms with Crippen LogP contribution in [0.3, 0.4) is 0 Å². The summed E-state index contributed by atoms with van der Waals surface area (Å²) < 4.78 is 52.1. The summed E-state index contributed by atoms with van der Waals surface area (Å²) in [5.41, 5.74) is 2.99. The molecule has 0 radical (unpaired) electrons. The second kappa shape index (κ2) is 20.2. The number of furan rings is 1. The normalized spacial score (nSPS) is 10.8. The highest BCUT2D eigenvalue weighted by molar-refractivity contribution is 7.90. The number of unbranched alkanes of at least 4 members (excludes halogenated alkanes) is 1. The third-order valence-electron chi connectivity index (χ3n) is 6.98. The van der Waals surface area contributed by atoms with Crippen molar-refractivity contribution in [1.29, 1.82) is 0 Å². The number of ether oxygens (including phenoxy) is 2. The zero-order chi connectivity index (χ0) is 35.9. The van der Waals surface area contributed by atoms with Crippen molar-refractivity contribution in [2.75, 3.05) is 30.5 Å². The van der Waals surface area contributed by atoms with E-state index in [-0.39, 0.29) is 37.0 Å². The molecule has 12 nitrogen and oxygen atoms in total. The van der Waals surface area contributed by atoms with Crippen LogP contribution in [0.2, 0.25) is 5.02 Å². The lowest BCUT2D eigenvalue weighted by molar-refractivity contribution is -0.137. The molecule has 0 unspecified atom stereocenters. The van der Waals surface area contributed by atoms with Crippen LogP contribution < -0.4 is 15.4 Å². The monoisotopic (exact) mass is 762 g/mol. The summed E-state index contributed by atoms with van der Waals surface area (Å²) in [6, 6.07) is 21.0. The van der Waals surface area contributed by atoms with Crippen molar-refractivity contribution in [2.45, 2.75) is 32.4 Å². The Morgan fingerprint density at radius 3 is 2.61 bits per heavy atom. The quantitative estimate of drug-likeness (QED) is 0.0658. The Labute approximate surface area is 305 Å². The molecule has 0 saturated heterocycles. The number of carbonyl (C=O) groups excluding carboxylic acids is 1. The van der Waals surface area contributed by atoms with Gasteiger partial charge in [0.15, 0.2) is 0 Å². The summed E-state index contributed by atoms with van der Waals surface area (Å²) in [4.78, 5) is 28.3. The second-order valence-corrected chi connectivity index (χ2v) is 13.7. The van der Waals surface area contributed by atoms with Gasteiger partial charge in [-0.3, -0.25) is 9.59 Å². The molecular weight excluding hydrogens is 726 g/mol. The number of rotatable bonds is 17. The maximum absolute atomic E-state index is 13.4. The van der Waals surface area contributed by atoms with Crippen molar-refractivity contribution in [3.05, 3.63) is 101 Å². The molecule has 0 aliphatic rings. The number of carboxylic acids is 1. The number of aliphatic carboxylic acids is 1. The summed E-state index contributed by atoms with van der Waals surface area (Å²) in [5, 5.41) is 15.7. The van der Waals surface area contributed by atoms with Gasteiger partial charge in [0, 0.05) is 35.9 Å². The van der Waals surface area contributed by atoms with E-state index in [4.69, 9.17) is 25.9 Å². The van der Waals surface area contributed by atoms with E-state index in [9.17, 15) is 22.4 Å². The Morgan fingerprint density at radius 1 is 1.06 bits per heavy atom. The largest absolute Gasteiger partial charge is 0.487 e. The van der Waals surface area contributed by atoms with E-state index in [1.54, 1.807) is 24.3 Å². The average Bonchev–Trinajstić information content (AvgIpc) is 3.55. The molecule has 0 spiro atoms. The Kier molecular flexibility index (Phi) is 16.1. The first-order chi connectivity index (χ1) is 24.0. The van der Waals surface area contributed by atoms with E-state index in [0.717, 1.165) is 16.5 Å². The molecule has 16 heteroatoms. The molecule has 3 N–H and O–H groups in total. The van der Waals surface area contributed by atoms with Crippen LogP contribution in [-0.2, 0) is 37.3 Å². The highest BCUT2D eigenvalue weighted by Crippen LogP contribution is 2.33. The van der Waals surface area contributed by atoms with Gasteiger partial charge < -0.3 is 29.6 Å². The van der Waals surface area contributed by atoms with E-state index in [1.165, 1.54) is 24.7 Å². The van der Waals surface area contributed by atoms with E-state index < -0.39 is 15.8 Å². The molecule has 2 aromatic heterocycles. The number of nitrogens with one attached hydrogen (secondary N) is 2. The number of hydrogen-bond donors (Lipinski definition) is 3. The number of nitrogens with zero attached hydrogens (tertiary/aromatic N) is 2. The summed E-state index contributed by atoms with van der Waals surface area (Å²) in [5.74, 6) is 1.36. The molecule has 5 aromatic rings. The topological polar surface area (TPSA) is 170 Å². The van der Waals surface area contributed by atoms with E-state index in [2.05, 4.69) is 25.3 Å². The number of carboxylic acid groups (broad SMARTS) is 1. The van der Waals surface area contributed by atoms with Crippen LogP contribution in [-0.4, -0.2) is 61.1 Å². The number of halogens is 3. The molecule has 3 aromatic carbocycles. The highest BCUT2D eigenvalue weighted by Gasteiger charge is 2.12. The van der Waals surface area contributed by atoms with Crippen molar-refractivity contribution < 1.29 is 41.4 Å². The van der Waals surface area contributed by atoms with Gasteiger partial charge in [-0.1, -0.05) is 23.7 Å². The number of aromatic nitrogens is 2. The number of fused-ring (bicyclic) bond motifs is 1. The van der Waals surface area contributed by atoms with Gasteiger partial charge in [0.25, 0.3) is 6.47 Å². The number of carbonyl (C=O) groups is 2. The first-order valence-electron chi connectivity index (χ1n) is 15.4. The minimum Gasteiger partial charge on any atom is -0.487 e. The van der Waals surface area contributed by atoms with Gasteiger partial charge in [-0.05, 0) is 79.1 Å². The fourth-order valence-electron chi connectivity index (χ4n) is 4.54. The van der Waals surface area contributed by atoms with E-state index in [0.29, 0.717) is 78.4 Å². The molecule has 2 heterocycles. The fourth-order valence-corrected chi connectivity index (χ4v) is 5.29. The van der Waals surface area contributed by atoms with Gasteiger partial charge in [-0.15, -0.1) is 12.4 Å². The standard InChI is InChI=1S/C29H26ClFN4O4S.C6H10O4.ClH/c1-40(36,37)12-11-32-16-23-7-10-27(39-23)20-5-8-26-24(14-20)29(34-18-33-26)35-22-6-9-28(25(30)15-22)38-17-19-3-2-4-21(31)13-19;7-5-10-4-2-1-3-6(8)9;/h2-10,13-15,18,32H,11-12,16-17H2,1H3,(H,33,34,35);5H,1-4H2,(H,8,9);1H. The summed E-state index contributed by atoms with van der Waals surface area (Å²) >= 11 is 6.47. The van der Waals surface area contributed by atoms with Crippen molar-refractivity contribution in [3.8, 4) is 17.1 Å². The zero-order valence-corrected chi connectivity index (χ0v) is 29.9. The molecule has 0 atom stereocenters. The maximum atomic E-state index is 13.4. The Balaban J connectivity index is 0.000000559. The molecule has 0 aliphatic carbocycles. The molecule has 5 rings (SSSR count). The van der Waals surface area contributed by atoms with Gasteiger partial charge in [-0.25, -0.2) is 22.8 Å². The van der Waals surface area contributed by atoms with Crippen molar-refractivity contribution >= 4 is 68.7 Å². The lowest BCUT2D eigenvalue weighted by atomic mass is 10.1. The molecule has 0 aliphatic heterocycles. The second-order valence-electron chi connectivity index (χ2n) is 11.0. The minimum absolute atomic E-state index is 0. The number of sulfone groups is 1. The van der Waals surface area contributed by atoms with Gasteiger partial charge in [0.1, 0.15) is 51.7 Å². The van der Waals surface area contributed by atoms with Crippen LogP contribution in [0.25, 0.3) is 22.2 Å². The summed E-state index contributed by atoms with van der Waals surface area (Å²) in [6.07, 6.45) is 4.01. The highest BCUT2D eigenvalue weighted by atomic mass is 35.5.